The number of carbonyl (C=O) groups is 3. The van der Waals surface area contributed by atoms with Gasteiger partial charge in [-0.05, 0) is 26.3 Å². The van der Waals surface area contributed by atoms with Gasteiger partial charge in [0.1, 0.15) is 6.04 Å². The number of carbonyl (C=O) groups excluding carboxylic acids is 3. The van der Waals surface area contributed by atoms with Gasteiger partial charge >= 0.3 is 12.0 Å². The van der Waals surface area contributed by atoms with Crippen LogP contribution in [0, 0.1) is 0 Å². The largest absolute Gasteiger partial charge is 0.468 e. The summed E-state index contributed by atoms with van der Waals surface area (Å²) in [5.41, 5.74) is 0.818. The van der Waals surface area contributed by atoms with E-state index in [4.69, 9.17) is 4.74 Å². The van der Waals surface area contributed by atoms with E-state index < -0.39 is 6.04 Å². The van der Waals surface area contributed by atoms with Crippen molar-refractivity contribution >= 4 is 29.7 Å². The Labute approximate surface area is 193 Å². The van der Waals surface area contributed by atoms with Gasteiger partial charge in [0.2, 0.25) is 5.91 Å². The Morgan fingerprint density at radius 3 is 2.97 bits per heavy atom. The minimum atomic E-state index is -0.412. The van der Waals surface area contributed by atoms with Crippen molar-refractivity contribution in [1.29, 1.82) is 0 Å². The van der Waals surface area contributed by atoms with E-state index in [-0.39, 0.29) is 30.0 Å². The molecule has 3 rings (SSSR count). The highest BCUT2D eigenvalue weighted by Gasteiger charge is 2.42. The zero-order chi connectivity index (χ0) is 22.9. The van der Waals surface area contributed by atoms with Gasteiger partial charge in [0.05, 0.1) is 31.2 Å². The fraction of sp³-hybridized carbons (Fsp3) is 0.714. The molecule has 0 saturated carbocycles. The lowest BCUT2D eigenvalue weighted by molar-refractivity contribution is -0.143. The van der Waals surface area contributed by atoms with E-state index in [2.05, 4.69) is 26.3 Å². The van der Waals surface area contributed by atoms with Crippen LogP contribution in [0.2, 0.25) is 0 Å². The number of rotatable bonds is 13. The average Bonchev–Trinajstić information content (AvgIpc) is 3.48. The number of esters is 1. The lowest BCUT2D eigenvalue weighted by Crippen LogP contribution is -2.37. The zero-order valence-electron chi connectivity index (χ0n) is 18.8. The molecule has 0 bridgehead atoms. The normalized spacial score (nSPS) is 22.7. The Hall–Kier alpha value is -2.27. The smallest absolute Gasteiger partial charge is 0.323 e. The second kappa shape index (κ2) is 12.1. The number of amides is 3. The van der Waals surface area contributed by atoms with Crippen molar-refractivity contribution in [3.8, 4) is 0 Å². The maximum absolute atomic E-state index is 12.1. The molecule has 178 valence electrons. The summed E-state index contributed by atoms with van der Waals surface area (Å²) in [6, 6.07) is 0.0180. The number of imidazole rings is 1. The summed E-state index contributed by atoms with van der Waals surface area (Å²) in [6.07, 6.45) is 8.34. The molecule has 4 N–H and O–H groups in total. The number of aromatic nitrogens is 2. The van der Waals surface area contributed by atoms with E-state index >= 15 is 0 Å². The van der Waals surface area contributed by atoms with Gasteiger partial charge in [-0.15, -0.1) is 0 Å². The molecule has 2 fully saturated rings. The fourth-order valence-corrected chi connectivity index (χ4v) is 5.68. The van der Waals surface area contributed by atoms with Crippen LogP contribution < -0.4 is 21.3 Å². The Kier molecular flexibility index (Phi) is 9.22. The van der Waals surface area contributed by atoms with Gasteiger partial charge in [0, 0.05) is 43.1 Å². The molecule has 2 aliphatic heterocycles. The van der Waals surface area contributed by atoms with Crippen LogP contribution in [-0.2, 0) is 27.3 Å². The quantitative estimate of drug-likeness (QED) is 0.189. The fourth-order valence-electron chi connectivity index (χ4n) is 4.14. The first-order valence-electron chi connectivity index (χ1n) is 11.2. The molecule has 1 aromatic rings. The third-order valence-electron chi connectivity index (χ3n) is 5.93. The summed E-state index contributed by atoms with van der Waals surface area (Å²) in [5, 5.41) is 12.3. The number of fused-ring (bicyclic) bond motifs is 1. The predicted molar refractivity (Wildman–Crippen MR) is 122 cm³/mol. The molecule has 1 unspecified atom stereocenters. The van der Waals surface area contributed by atoms with Crippen LogP contribution in [0.25, 0.3) is 0 Å². The third-order valence-corrected chi connectivity index (χ3v) is 7.44. The Morgan fingerprint density at radius 2 is 2.19 bits per heavy atom. The summed E-state index contributed by atoms with van der Waals surface area (Å²) in [4.78, 5) is 39.5. The van der Waals surface area contributed by atoms with Gasteiger partial charge in [-0.2, -0.15) is 11.8 Å². The number of likely N-dealkylation sites (N-methyl/N-ethyl adjacent to an activating group) is 1. The minimum absolute atomic E-state index is 0.0556. The van der Waals surface area contributed by atoms with E-state index in [1.54, 1.807) is 13.4 Å². The van der Waals surface area contributed by atoms with Gasteiger partial charge in [-0.25, -0.2) is 9.78 Å². The summed E-state index contributed by atoms with van der Waals surface area (Å²) >= 11 is 1.91. The summed E-state index contributed by atoms with van der Waals surface area (Å²) in [6.45, 7) is 1.37. The highest BCUT2D eigenvalue weighted by molar-refractivity contribution is 8.00. The third kappa shape index (κ3) is 6.86. The number of unbranched alkanes of at least 4 members (excludes halogenated alkanes) is 1. The summed E-state index contributed by atoms with van der Waals surface area (Å²) < 4.78 is 6.74. The van der Waals surface area contributed by atoms with Gasteiger partial charge < -0.3 is 30.6 Å². The number of nitrogens with zero attached hydrogens (tertiary/aromatic N) is 2. The highest BCUT2D eigenvalue weighted by Crippen LogP contribution is 2.33. The number of thioether (sulfide) groups is 1. The molecule has 10 nitrogen and oxygen atoms in total. The second-order valence-corrected chi connectivity index (χ2v) is 9.51. The Bertz CT molecular complexity index is 788. The van der Waals surface area contributed by atoms with Crippen molar-refractivity contribution in [2.75, 3.05) is 26.5 Å². The summed E-state index contributed by atoms with van der Waals surface area (Å²) in [5.74, 6) is 0.742. The predicted octanol–water partition coefficient (Wildman–Crippen LogP) is 0.419. The number of methoxy groups -OCH3 is 1. The molecule has 0 aromatic carbocycles. The van der Waals surface area contributed by atoms with Crippen LogP contribution in [0.4, 0.5) is 4.79 Å². The monoisotopic (exact) mass is 466 g/mol. The number of hydrogen-bond donors (Lipinski definition) is 4. The lowest BCUT2D eigenvalue weighted by atomic mass is 10.0. The number of urea groups is 1. The zero-order valence-corrected chi connectivity index (χ0v) is 19.6. The molecule has 32 heavy (non-hydrogen) atoms. The molecule has 0 radical (unpaired) electrons. The van der Waals surface area contributed by atoms with E-state index in [1.807, 2.05) is 22.5 Å². The van der Waals surface area contributed by atoms with Crippen molar-refractivity contribution in [3.63, 3.8) is 0 Å². The number of aryl methyl sites for hydroxylation is 1. The van der Waals surface area contributed by atoms with Gasteiger partial charge in [0.25, 0.3) is 0 Å². The van der Waals surface area contributed by atoms with Crippen LogP contribution in [0.3, 0.4) is 0 Å². The molecule has 3 heterocycles. The van der Waals surface area contributed by atoms with Crippen LogP contribution in [-0.4, -0.2) is 77.3 Å². The van der Waals surface area contributed by atoms with Crippen molar-refractivity contribution in [2.45, 2.75) is 68.4 Å². The van der Waals surface area contributed by atoms with Crippen molar-refractivity contribution in [3.05, 3.63) is 18.2 Å². The number of hydrogen-bond acceptors (Lipinski definition) is 7. The van der Waals surface area contributed by atoms with Gasteiger partial charge in [-0.3, -0.25) is 9.59 Å². The van der Waals surface area contributed by atoms with Crippen LogP contribution in [0.5, 0.6) is 0 Å². The molecular formula is C21H34N6O4S. The lowest BCUT2D eigenvalue weighted by Gasteiger charge is -2.16. The molecule has 11 heteroatoms. The van der Waals surface area contributed by atoms with E-state index in [0.717, 1.165) is 43.7 Å². The molecule has 2 saturated heterocycles. The van der Waals surface area contributed by atoms with Gasteiger partial charge in [0.15, 0.2) is 0 Å². The second-order valence-electron chi connectivity index (χ2n) is 8.24. The molecular weight excluding hydrogens is 432 g/mol. The van der Waals surface area contributed by atoms with Crippen molar-refractivity contribution < 1.29 is 19.1 Å². The van der Waals surface area contributed by atoms with E-state index in [0.29, 0.717) is 24.6 Å². The molecule has 0 aliphatic carbocycles. The first-order valence-corrected chi connectivity index (χ1v) is 12.3. The topological polar surface area (TPSA) is 126 Å². The Morgan fingerprint density at radius 1 is 1.34 bits per heavy atom. The number of nitrogens with one attached hydrogen (secondary N) is 4. The first kappa shape index (κ1) is 24.4. The standard InChI is InChI=1S/C21H34N6O4S/c1-22-15(20(29)31-2)10-14-11-27(13-24-14)9-5-8-23-18(28)7-4-3-6-17-19-16(12-32-17)25-21(30)26-19/h11,13,15-17,19,22H,3-10,12H2,1-2H3,(H,23,28)(H2,25,26,30)/t15-,16-,17?,19-/m0/s1. The molecule has 2 aliphatic rings. The van der Waals surface area contributed by atoms with Gasteiger partial charge in [-0.1, -0.05) is 6.42 Å². The number of ether oxygens (including phenoxy) is 1. The highest BCUT2D eigenvalue weighted by atomic mass is 32.2. The van der Waals surface area contributed by atoms with Crippen LogP contribution in [0.1, 0.15) is 37.8 Å². The summed E-state index contributed by atoms with van der Waals surface area (Å²) in [7, 11) is 3.09. The molecule has 1 aromatic heterocycles. The average molecular weight is 467 g/mol. The molecule has 3 amide bonds. The van der Waals surface area contributed by atoms with Crippen LogP contribution >= 0.6 is 11.8 Å². The van der Waals surface area contributed by atoms with Crippen molar-refractivity contribution in [1.82, 2.24) is 30.8 Å². The molecule has 4 atom stereocenters. The minimum Gasteiger partial charge on any atom is -0.468 e. The first-order chi connectivity index (χ1) is 15.5. The van der Waals surface area contributed by atoms with Crippen LogP contribution in [0.15, 0.2) is 12.5 Å². The molecule has 0 spiro atoms. The van der Waals surface area contributed by atoms with E-state index in [9.17, 15) is 14.4 Å². The maximum Gasteiger partial charge on any atom is 0.323 e. The van der Waals surface area contributed by atoms with E-state index in [1.165, 1.54) is 7.11 Å². The SMILES string of the molecule is CN[C@@H](Cc1cn(CCCNC(=O)CCCCC2SC[C@@H]3NC(=O)N[C@H]23)cn1)C(=O)OC. The Balaban J connectivity index is 1.24. The maximum atomic E-state index is 12.1. The van der Waals surface area contributed by atoms with Crippen molar-refractivity contribution in [2.24, 2.45) is 0 Å².